The van der Waals surface area contributed by atoms with Crippen molar-refractivity contribution in [2.45, 2.75) is 19.9 Å². The third kappa shape index (κ3) is 4.52. The highest BCUT2D eigenvalue weighted by atomic mass is 32.1. The number of para-hydroxylation sites is 1. The summed E-state index contributed by atoms with van der Waals surface area (Å²) in [5, 5.41) is 0. The van der Waals surface area contributed by atoms with E-state index < -0.39 is 23.5 Å². The first-order valence-corrected chi connectivity index (χ1v) is 13.2. The molecular formula is C30H25N3O6S. The van der Waals surface area contributed by atoms with E-state index in [1.54, 1.807) is 48.2 Å². The smallest absolute Gasteiger partial charge is 0.338 e. The Kier molecular flexibility index (Phi) is 7.19. The Morgan fingerprint density at radius 1 is 1.07 bits per heavy atom. The quantitative estimate of drug-likeness (QED) is 0.252. The van der Waals surface area contributed by atoms with Crippen molar-refractivity contribution in [1.29, 1.82) is 0 Å². The van der Waals surface area contributed by atoms with Crippen LogP contribution in [0, 0.1) is 0 Å². The molecule has 5 rings (SSSR count). The van der Waals surface area contributed by atoms with E-state index in [1.807, 2.05) is 18.2 Å². The number of benzene rings is 2. The normalized spacial score (nSPS) is 17.1. The van der Waals surface area contributed by atoms with Gasteiger partial charge in [0.25, 0.3) is 11.5 Å². The van der Waals surface area contributed by atoms with Crippen molar-refractivity contribution in [3.8, 4) is 5.75 Å². The fourth-order valence-corrected chi connectivity index (χ4v) is 5.99. The molecule has 202 valence electrons. The number of thiazole rings is 1. The number of ether oxygens (including phenoxy) is 2. The molecule has 0 unspecified atom stereocenters. The second-order valence-corrected chi connectivity index (χ2v) is 10.0. The van der Waals surface area contributed by atoms with E-state index in [0.717, 1.165) is 11.3 Å². The molecule has 2 aromatic carbocycles. The van der Waals surface area contributed by atoms with Gasteiger partial charge in [-0.25, -0.2) is 9.79 Å². The number of nitrogens with zero attached hydrogens (tertiary/aromatic N) is 3. The summed E-state index contributed by atoms with van der Waals surface area (Å²) in [6, 6.07) is 12.9. The van der Waals surface area contributed by atoms with Gasteiger partial charge in [-0.3, -0.25) is 19.0 Å². The van der Waals surface area contributed by atoms with Gasteiger partial charge >= 0.3 is 11.9 Å². The number of allylic oxidation sites excluding steroid dienone is 1. The van der Waals surface area contributed by atoms with Crippen molar-refractivity contribution in [3.63, 3.8) is 0 Å². The molecule has 0 saturated heterocycles. The van der Waals surface area contributed by atoms with E-state index >= 15 is 0 Å². The maximum Gasteiger partial charge on any atom is 0.338 e. The average Bonchev–Trinajstić information content (AvgIpc) is 3.39. The van der Waals surface area contributed by atoms with E-state index in [4.69, 9.17) is 9.47 Å². The highest BCUT2D eigenvalue weighted by Gasteiger charge is 2.37. The van der Waals surface area contributed by atoms with Crippen LogP contribution >= 0.6 is 11.3 Å². The number of anilines is 1. The molecule has 2 aliphatic heterocycles. The number of rotatable bonds is 7. The van der Waals surface area contributed by atoms with Crippen LogP contribution in [0.2, 0.25) is 0 Å². The summed E-state index contributed by atoms with van der Waals surface area (Å²) in [6.45, 7) is 10.6. The molecule has 0 saturated carbocycles. The lowest BCUT2D eigenvalue weighted by Gasteiger charge is -2.24. The summed E-state index contributed by atoms with van der Waals surface area (Å²) in [4.78, 5) is 58.9. The summed E-state index contributed by atoms with van der Waals surface area (Å²) in [7, 11) is 0. The second-order valence-electron chi connectivity index (χ2n) is 9.05. The fourth-order valence-electron chi connectivity index (χ4n) is 4.85. The number of hydrogen-bond donors (Lipinski definition) is 0. The Bertz CT molecular complexity index is 1800. The van der Waals surface area contributed by atoms with Crippen molar-refractivity contribution in [2.75, 3.05) is 18.1 Å². The molecule has 40 heavy (non-hydrogen) atoms. The molecule has 3 heterocycles. The van der Waals surface area contributed by atoms with E-state index in [-0.39, 0.29) is 34.7 Å². The molecule has 0 N–H and O–H groups in total. The Hall–Kier alpha value is -4.83. The summed E-state index contributed by atoms with van der Waals surface area (Å²) >= 11 is 1.09. The van der Waals surface area contributed by atoms with Crippen molar-refractivity contribution in [3.05, 3.63) is 116 Å². The molecule has 10 heteroatoms. The van der Waals surface area contributed by atoms with E-state index in [9.17, 15) is 19.2 Å². The molecule has 0 radical (unpaired) electrons. The molecule has 1 amide bonds. The number of esters is 2. The topological polar surface area (TPSA) is 107 Å². The minimum Gasteiger partial charge on any atom is -0.458 e. The maximum absolute atomic E-state index is 14.1. The van der Waals surface area contributed by atoms with Crippen LogP contribution in [0.25, 0.3) is 5.57 Å². The number of fused-ring (bicyclic) bond motifs is 2. The molecular weight excluding hydrogens is 530 g/mol. The van der Waals surface area contributed by atoms with E-state index in [0.29, 0.717) is 33.1 Å². The summed E-state index contributed by atoms with van der Waals surface area (Å²) in [5.41, 5.74) is 2.28. The fraction of sp³-hybridized carbons (Fsp3) is 0.167. The van der Waals surface area contributed by atoms with Crippen molar-refractivity contribution in [1.82, 2.24) is 4.57 Å². The van der Waals surface area contributed by atoms with Crippen molar-refractivity contribution < 1.29 is 23.9 Å². The summed E-state index contributed by atoms with van der Waals surface area (Å²) < 4.78 is 12.2. The third-order valence-corrected chi connectivity index (χ3v) is 7.52. The number of amides is 1. The molecule has 9 nitrogen and oxygen atoms in total. The summed E-state index contributed by atoms with van der Waals surface area (Å²) in [6.07, 6.45) is 3.08. The number of carbonyl (C=O) groups excluding carboxylic acids is 3. The second kappa shape index (κ2) is 10.7. The van der Waals surface area contributed by atoms with Crippen LogP contribution < -0.4 is 24.5 Å². The predicted molar refractivity (Wildman–Crippen MR) is 151 cm³/mol. The van der Waals surface area contributed by atoms with Gasteiger partial charge in [0.2, 0.25) is 0 Å². The van der Waals surface area contributed by atoms with Crippen LogP contribution in [0.5, 0.6) is 5.75 Å². The first kappa shape index (κ1) is 26.8. The molecule has 0 fully saturated rings. The molecule has 0 aliphatic carbocycles. The number of hydrogen-bond acceptors (Lipinski definition) is 8. The lowest BCUT2D eigenvalue weighted by molar-refractivity contribution is -0.138. The van der Waals surface area contributed by atoms with Gasteiger partial charge in [-0.1, -0.05) is 60.4 Å². The monoisotopic (exact) mass is 555 g/mol. The van der Waals surface area contributed by atoms with Crippen LogP contribution in [0.15, 0.2) is 94.9 Å². The molecule has 0 spiro atoms. The van der Waals surface area contributed by atoms with Crippen molar-refractivity contribution in [2.24, 2.45) is 4.99 Å². The van der Waals surface area contributed by atoms with Crippen molar-refractivity contribution >= 4 is 40.4 Å². The highest BCUT2D eigenvalue weighted by molar-refractivity contribution is 7.07. The van der Waals surface area contributed by atoms with Gasteiger partial charge in [0, 0.05) is 19.0 Å². The van der Waals surface area contributed by atoms with Gasteiger partial charge in [0.05, 0.1) is 28.6 Å². The first-order valence-electron chi connectivity index (χ1n) is 12.4. The Morgan fingerprint density at radius 3 is 2.48 bits per heavy atom. The lowest BCUT2D eigenvalue weighted by Crippen LogP contribution is -2.41. The van der Waals surface area contributed by atoms with Gasteiger partial charge in [-0.05, 0) is 30.7 Å². The van der Waals surface area contributed by atoms with Gasteiger partial charge in [0.1, 0.15) is 16.9 Å². The minimum absolute atomic E-state index is 0.0211. The van der Waals surface area contributed by atoms with Crippen LogP contribution in [0.4, 0.5) is 5.69 Å². The maximum atomic E-state index is 14.1. The van der Waals surface area contributed by atoms with E-state index in [1.165, 1.54) is 17.6 Å². The lowest BCUT2D eigenvalue weighted by atomic mass is 9.96. The Morgan fingerprint density at radius 2 is 1.80 bits per heavy atom. The highest BCUT2D eigenvalue weighted by Crippen LogP contribution is 2.35. The average molecular weight is 556 g/mol. The van der Waals surface area contributed by atoms with Gasteiger partial charge in [-0.15, -0.1) is 6.58 Å². The molecule has 3 aromatic rings. The predicted octanol–water partition coefficient (Wildman–Crippen LogP) is 2.79. The Balaban J connectivity index is 1.76. The Labute approximate surface area is 233 Å². The zero-order chi connectivity index (χ0) is 28.6. The molecule has 1 atom stereocenters. The van der Waals surface area contributed by atoms with Crippen LogP contribution in [0.3, 0.4) is 0 Å². The zero-order valence-electron chi connectivity index (χ0n) is 21.9. The molecule has 0 bridgehead atoms. The van der Waals surface area contributed by atoms with E-state index in [2.05, 4.69) is 18.2 Å². The largest absolute Gasteiger partial charge is 0.458 e. The van der Waals surface area contributed by atoms with Crippen LogP contribution in [-0.2, 0) is 19.1 Å². The SMILES string of the molecule is C=CCOC(=O)C1=C(C)N=c2s/c(=C3\C(=O)N(CC=C)c4ccccc43)c(=O)n2[C@H]1c1ccc(OC(C)=O)cc1. The van der Waals surface area contributed by atoms with Gasteiger partial charge in [0.15, 0.2) is 4.80 Å². The number of carbonyl (C=O) groups is 3. The van der Waals surface area contributed by atoms with Gasteiger partial charge in [-0.2, -0.15) is 0 Å². The first-order chi connectivity index (χ1) is 19.3. The third-order valence-electron chi connectivity index (χ3n) is 6.47. The van der Waals surface area contributed by atoms with Gasteiger partial charge < -0.3 is 14.4 Å². The summed E-state index contributed by atoms with van der Waals surface area (Å²) in [5.74, 6) is -1.11. The minimum atomic E-state index is -0.898. The number of aromatic nitrogens is 1. The van der Waals surface area contributed by atoms with Crippen LogP contribution in [-0.4, -0.2) is 35.6 Å². The standard InChI is InChI=1S/C30H25N3O6S/c1-5-15-32-22-10-8-7-9-21(22)24(27(32)35)26-28(36)33-25(19-11-13-20(14-12-19)39-18(4)34)23(29(37)38-16-6-2)17(3)31-30(33)40-26/h5-14,25H,1-2,15-16H2,3-4H3/b26-24-/t25-/m0/s1. The molecule has 1 aromatic heterocycles. The molecule has 2 aliphatic rings. The van der Waals surface area contributed by atoms with Crippen LogP contribution in [0.1, 0.15) is 31.0 Å². The zero-order valence-corrected chi connectivity index (χ0v) is 22.7.